The monoisotopic (exact) mass is 200 g/mol. The molecule has 0 saturated carbocycles. The highest BCUT2D eigenvalue weighted by atomic mass is 16.2. The quantitative estimate of drug-likeness (QED) is 0.287. The molecule has 0 bridgehead atoms. The molecule has 0 atom stereocenters. The molecule has 0 aromatic heterocycles. The van der Waals surface area contributed by atoms with Crippen molar-refractivity contribution in [3.05, 3.63) is 0 Å². The Balaban J connectivity index is 2.34. The van der Waals surface area contributed by atoms with Crippen molar-refractivity contribution in [3.63, 3.8) is 0 Å². The molecule has 0 aromatic rings. The number of hydrogen-bond donors (Lipinski definition) is 3. The highest BCUT2D eigenvalue weighted by Gasteiger charge is 2.22. The lowest BCUT2D eigenvalue weighted by Gasteiger charge is -2.25. The average molecular weight is 200 g/mol. The first-order valence-electron chi connectivity index (χ1n) is 4.21. The van der Waals surface area contributed by atoms with Gasteiger partial charge in [0.15, 0.2) is 0 Å². The maximum atomic E-state index is 11.1. The number of urea groups is 1. The third-order valence-corrected chi connectivity index (χ3v) is 1.91. The van der Waals surface area contributed by atoms with Gasteiger partial charge in [-0.05, 0) is 0 Å². The molecule has 78 valence electrons. The topological polar surface area (TPSA) is 105 Å². The van der Waals surface area contributed by atoms with E-state index < -0.39 is 6.03 Å². The van der Waals surface area contributed by atoms with Crippen molar-refractivity contribution in [1.29, 1.82) is 0 Å². The highest BCUT2D eigenvalue weighted by Crippen LogP contribution is 2.00. The summed E-state index contributed by atoms with van der Waals surface area (Å²) in [6.07, 6.45) is 0.411. The van der Waals surface area contributed by atoms with Gasteiger partial charge in [0.05, 0.1) is 0 Å². The lowest BCUT2D eigenvalue weighted by atomic mass is 10.3. The lowest BCUT2D eigenvalue weighted by molar-refractivity contribution is -0.121. The molecule has 1 aliphatic rings. The second-order valence-corrected chi connectivity index (χ2v) is 2.91. The Kier molecular flexibility index (Phi) is 3.41. The molecule has 14 heavy (non-hydrogen) atoms. The second kappa shape index (κ2) is 4.56. The van der Waals surface area contributed by atoms with Crippen LogP contribution in [0, 0.1) is 0 Å². The summed E-state index contributed by atoms with van der Waals surface area (Å²) in [5, 5.41) is 2.16. The minimum atomic E-state index is -0.453. The number of hydrazine groups is 1. The van der Waals surface area contributed by atoms with Crippen LogP contribution in [-0.2, 0) is 9.59 Å². The molecular formula is C7H12N4O3. The van der Waals surface area contributed by atoms with Gasteiger partial charge in [-0.3, -0.25) is 20.3 Å². The first kappa shape index (κ1) is 10.5. The lowest BCUT2D eigenvalue weighted by Crippen LogP contribution is -2.50. The van der Waals surface area contributed by atoms with E-state index in [2.05, 4.69) is 5.32 Å². The number of nitrogens with one attached hydrogen (secondary N) is 2. The molecule has 1 fully saturated rings. The molecule has 1 heterocycles. The Labute approximate surface area is 80.6 Å². The van der Waals surface area contributed by atoms with E-state index in [1.165, 1.54) is 4.90 Å². The summed E-state index contributed by atoms with van der Waals surface area (Å²) in [7, 11) is 0. The summed E-state index contributed by atoms with van der Waals surface area (Å²) in [6.45, 7) is 0.616. The normalized spacial score (nSPS) is 16.5. The minimum Gasteiger partial charge on any atom is -0.323 e. The summed E-state index contributed by atoms with van der Waals surface area (Å²) >= 11 is 0. The van der Waals surface area contributed by atoms with Crippen molar-refractivity contribution in [2.24, 2.45) is 5.84 Å². The van der Waals surface area contributed by atoms with Crippen molar-refractivity contribution in [2.45, 2.75) is 12.8 Å². The SMILES string of the molecule is NNC(=O)CCN1CCC(=O)NC1=O. The van der Waals surface area contributed by atoms with Crippen LogP contribution in [0.5, 0.6) is 0 Å². The number of carbonyl (C=O) groups excluding carboxylic acids is 3. The second-order valence-electron chi connectivity index (χ2n) is 2.91. The van der Waals surface area contributed by atoms with Crippen molar-refractivity contribution >= 4 is 17.8 Å². The number of hydrogen-bond acceptors (Lipinski definition) is 4. The molecule has 0 aliphatic carbocycles. The Morgan fingerprint density at radius 2 is 2.29 bits per heavy atom. The number of nitrogens with zero attached hydrogens (tertiary/aromatic N) is 1. The van der Waals surface area contributed by atoms with Crippen molar-refractivity contribution in [3.8, 4) is 0 Å². The smallest absolute Gasteiger partial charge is 0.323 e. The van der Waals surface area contributed by atoms with Crippen LogP contribution < -0.4 is 16.6 Å². The molecule has 4 amide bonds. The minimum absolute atomic E-state index is 0.137. The summed E-state index contributed by atoms with van der Waals surface area (Å²) in [6, 6.07) is -0.453. The van der Waals surface area contributed by atoms with Crippen LogP contribution >= 0.6 is 0 Å². The Morgan fingerprint density at radius 1 is 1.57 bits per heavy atom. The predicted molar refractivity (Wildman–Crippen MR) is 46.7 cm³/mol. The molecule has 0 spiro atoms. The first-order chi connectivity index (χ1) is 6.63. The fourth-order valence-electron chi connectivity index (χ4n) is 1.12. The van der Waals surface area contributed by atoms with Gasteiger partial charge in [-0.2, -0.15) is 0 Å². The Bertz CT molecular complexity index is 266. The number of amides is 4. The molecule has 0 unspecified atom stereocenters. The van der Waals surface area contributed by atoms with Gasteiger partial charge in [-0.1, -0.05) is 0 Å². The van der Waals surface area contributed by atoms with Gasteiger partial charge in [0, 0.05) is 25.9 Å². The summed E-state index contributed by atoms with van der Waals surface area (Å²) in [5.41, 5.74) is 1.96. The van der Waals surface area contributed by atoms with Gasteiger partial charge < -0.3 is 4.90 Å². The van der Waals surface area contributed by atoms with Gasteiger partial charge in [0.1, 0.15) is 0 Å². The van der Waals surface area contributed by atoms with E-state index in [4.69, 9.17) is 5.84 Å². The van der Waals surface area contributed by atoms with Crippen LogP contribution in [0.2, 0.25) is 0 Å². The van der Waals surface area contributed by atoms with Gasteiger partial charge in [-0.25, -0.2) is 10.6 Å². The molecule has 1 aliphatic heterocycles. The number of rotatable bonds is 3. The fraction of sp³-hybridized carbons (Fsp3) is 0.571. The van der Waals surface area contributed by atoms with Gasteiger partial charge >= 0.3 is 6.03 Å². The molecule has 0 radical (unpaired) electrons. The van der Waals surface area contributed by atoms with E-state index >= 15 is 0 Å². The zero-order chi connectivity index (χ0) is 10.6. The van der Waals surface area contributed by atoms with Crippen LogP contribution in [-0.4, -0.2) is 35.8 Å². The molecular weight excluding hydrogens is 188 g/mol. The maximum Gasteiger partial charge on any atom is 0.324 e. The predicted octanol–water partition coefficient (Wildman–Crippen LogP) is -1.69. The molecule has 7 nitrogen and oxygen atoms in total. The van der Waals surface area contributed by atoms with Crippen LogP contribution in [0.1, 0.15) is 12.8 Å². The molecule has 7 heteroatoms. The number of imide groups is 1. The highest BCUT2D eigenvalue weighted by molar-refractivity contribution is 5.96. The number of nitrogens with two attached hydrogens (primary N) is 1. The zero-order valence-electron chi connectivity index (χ0n) is 7.58. The van der Waals surface area contributed by atoms with Gasteiger partial charge in [0.2, 0.25) is 11.8 Å². The first-order valence-corrected chi connectivity index (χ1v) is 4.21. The van der Waals surface area contributed by atoms with E-state index in [0.717, 1.165) is 0 Å². The van der Waals surface area contributed by atoms with Crippen LogP contribution in [0.4, 0.5) is 4.79 Å². The van der Waals surface area contributed by atoms with Crippen LogP contribution in [0.25, 0.3) is 0 Å². The van der Waals surface area contributed by atoms with E-state index in [-0.39, 0.29) is 31.2 Å². The van der Waals surface area contributed by atoms with Crippen molar-refractivity contribution in [2.75, 3.05) is 13.1 Å². The Hall–Kier alpha value is -1.63. The Morgan fingerprint density at radius 3 is 2.86 bits per heavy atom. The third kappa shape index (κ3) is 2.70. The average Bonchev–Trinajstić information content (AvgIpc) is 2.16. The van der Waals surface area contributed by atoms with E-state index in [1.54, 1.807) is 0 Å². The summed E-state index contributed by atoms with van der Waals surface area (Å²) in [4.78, 5) is 34.1. The van der Waals surface area contributed by atoms with E-state index in [9.17, 15) is 14.4 Å². The fourth-order valence-corrected chi connectivity index (χ4v) is 1.12. The summed E-state index contributed by atoms with van der Waals surface area (Å²) < 4.78 is 0. The third-order valence-electron chi connectivity index (χ3n) is 1.91. The van der Waals surface area contributed by atoms with Crippen molar-refractivity contribution in [1.82, 2.24) is 15.6 Å². The largest absolute Gasteiger partial charge is 0.324 e. The zero-order valence-corrected chi connectivity index (χ0v) is 7.58. The molecule has 1 saturated heterocycles. The molecule has 1 rings (SSSR count). The standard InChI is InChI=1S/C7H12N4O3/c8-10-6(13)2-4-11-3-1-5(12)9-7(11)14/h1-4,8H2,(H,10,13)(H,9,12,14). The molecule has 0 aromatic carbocycles. The number of carbonyl (C=O) groups is 3. The van der Waals surface area contributed by atoms with E-state index in [0.29, 0.717) is 6.54 Å². The van der Waals surface area contributed by atoms with Gasteiger partial charge in [-0.15, -0.1) is 0 Å². The van der Waals surface area contributed by atoms with Crippen molar-refractivity contribution < 1.29 is 14.4 Å². The van der Waals surface area contributed by atoms with Crippen LogP contribution in [0.15, 0.2) is 0 Å². The van der Waals surface area contributed by atoms with Crippen LogP contribution in [0.3, 0.4) is 0 Å². The van der Waals surface area contributed by atoms with E-state index in [1.807, 2.05) is 5.43 Å². The summed E-state index contributed by atoms with van der Waals surface area (Å²) in [5.74, 6) is 4.25. The maximum absolute atomic E-state index is 11.1. The van der Waals surface area contributed by atoms with Gasteiger partial charge in [0.25, 0.3) is 0 Å². The molecule has 4 N–H and O–H groups in total.